The fraction of sp³-hybridized carbons (Fsp3) is 0.471. The first-order valence-electron chi connectivity index (χ1n) is 7.61. The van der Waals surface area contributed by atoms with Gasteiger partial charge in [-0.3, -0.25) is 0 Å². The fourth-order valence-electron chi connectivity index (χ4n) is 2.85. The lowest BCUT2D eigenvalue weighted by atomic mass is 10.1. The minimum atomic E-state index is 0.857. The summed E-state index contributed by atoms with van der Waals surface area (Å²) < 4.78 is 0. The maximum Gasteiger partial charge on any atom is 0.130 e. The largest absolute Gasteiger partial charge is 0.370 e. The van der Waals surface area contributed by atoms with Crippen LogP contribution in [0.3, 0.4) is 0 Å². The van der Waals surface area contributed by atoms with E-state index in [-0.39, 0.29) is 0 Å². The van der Waals surface area contributed by atoms with E-state index in [1.165, 1.54) is 36.6 Å². The number of nitrogens with zero attached hydrogens (tertiary/aromatic N) is 1. The summed E-state index contributed by atoms with van der Waals surface area (Å²) in [4.78, 5) is 4.79. The predicted octanol–water partition coefficient (Wildman–Crippen LogP) is 4.84. The Kier molecular flexibility index (Phi) is 4.46. The highest BCUT2D eigenvalue weighted by Gasteiger charge is 2.16. The van der Waals surface area contributed by atoms with Crippen molar-refractivity contribution in [3.63, 3.8) is 0 Å². The molecule has 0 unspecified atom stereocenters. The molecule has 1 aliphatic carbocycles. The average molecular weight is 286 g/mol. The zero-order valence-corrected chi connectivity index (χ0v) is 12.9. The Bertz CT molecular complexity index is 576. The fourth-order valence-corrected chi connectivity index (χ4v) is 4.15. The molecule has 0 bridgehead atoms. The molecule has 1 heterocycles. The molecule has 1 saturated carbocycles. The van der Waals surface area contributed by atoms with E-state index in [2.05, 4.69) is 54.3 Å². The minimum Gasteiger partial charge on any atom is -0.370 e. The summed E-state index contributed by atoms with van der Waals surface area (Å²) in [5, 5.41) is 5.52. The molecule has 0 spiro atoms. The van der Waals surface area contributed by atoms with Crippen molar-refractivity contribution in [2.75, 3.05) is 11.9 Å². The molecule has 2 nitrogen and oxygen atoms in total. The van der Waals surface area contributed by atoms with Crippen LogP contribution in [-0.4, -0.2) is 16.8 Å². The highest BCUT2D eigenvalue weighted by Crippen LogP contribution is 2.33. The second kappa shape index (κ2) is 6.49. The lowest BCUT2D eigenvalue weighted by Gasteiger charge is -2.13. The smallest absolute Gasteiger partial charge is 0.130 e. The van der Waals surface area contributed by atoms with Gasteiger partial charge in [-0.2, -0.15) is 11.8 Å². The lowest BCUT2D eigenvalue weighted by molar-refractivity contribution is 0.886. The highest BCUT2D eigenvalue weighted by molar-refractivity contribution is 7.99. The predicted molar refractivity (Wildman–Crippen MR) is 89.5 cm³/mol. The lowest BCUT2D eigenvalue weighted by Crippen LogP contribution is -2.04. The number of thioether (sulfide) groups is 1. The van der Waals surface area contributed by atoms with Crippen molar-refractivity contribution >= 4 is 28.5 Å². The van der Waals surface area contributed by atoms with E-state index in [0.717, 1.165) is 28.9 Å². The summed E-state index contributed by atoms with van der Waals surface area (Å²) in [6.45, 7) is 3.05. The van der Waals surface area contributed by atoms with Gasteiger partial charge in [-0.25, -0.2) is 4.98 Å². The van der Waals surface area contributed by atoms with Crippen LogP contribution in [0.15, 0.2) is 30.3 Å². The third-order valence-electron chi connectivity index (χ3n) is 3.92. The Morgan fingerprint density at radius 3 is 2.85 bits per heavy atom. The van der Waals surface area contributed by atoms with E-state index in [1.807, 2.05) is 0 Å². The maximum absolute atomic E-state index is 4.79. The van der Waals surface area contributed by atoms with Gasteiger partial charge in [-0.05, 0) is 31.9 Å². The minimum absolute atomic E-state index is 0.857. The first-order chi connectivity index (χ1) is 9.86. The summed E-state index contributed by atoms with van der Waals surface area (Å²) >= 11 is 2.11. The van der Waals surface area contributed by atoms with Gasteiger partial charge in [0.2, 0.25) is 0 Å². The molecule has 1 aromatic heterocycles. The summed E-state index contributed by atoms with van der Waals surface area (Å²) in [6, 6.07) is 10.7. The van der Waals surface area contributed by atoms with Crippen molar-refractivity contribution in [3.05, 3.63) is 35.9 Å². The molecule has 0 radical (unpaired) electrons. The number of hydrogen-bond donors (Lipinski definition) is 1. The molecule has 0 atom stereocenters. The zero-order valence-electron chi connectivity index (χ0n) is 12.1. The molecule has 106 valence electrons. The molecule has 0 amide bonds. The normalized spacial score (nSPS) is 15.8. The van der Waals surface area contributed by atoms with Crippen LogP contribution >= 0.6 is 11.8 Å². The molecule has 0 aliphatic heterocycles. The van der Waals surface area contributed by atoms with Crippen LogP contribution in [0.5, 0.6) is 0 Å². The van der Waals surface area contributed by atoms with Crippen LogP contribution in [0.25, 0.3) is 10.9 Å². The van der Waals surface area contributed by atoms with E-state index < -0.39 is 0 Å². The molecule has 1 aliphatic rings. The SMILES string of the molecule is CCNc1nc2ccccc2cc1CSC1CCCC1. The van der Waals surface area contributed by atoms with Gasteiger partial charge in [0.25, 0.3) is 0 Å². The molecule has 3 heteroatoms. The number of anilines is 1. The summed E-state index contributed by atoms with van der Waals surface area (Å²) in [5.41, 5.74) is 2.43. The van der Waals surface area contributed by atoms with E-state index >= 15 is 0 Å². The van der Waals surface area contributed by atoms with Crippen LogP contribution < -0.4 is 5.32 Å². The van der Waals surface area contributed by atoms with Crippen LogP contribution in [0.1, 0.15) is 38.2 Å². The molecule has 20 heavy (non-hydrogen) atoms. The number of rotatable bonds is 5. The molecule has 1 fully saturated rings. The number of para-hydroxylation sites is 1. The van der Waals surface area contributed by atoms with Crippen LogP contribution in [0, 0.1) is 0 Å². The van der Waals surface area contributed by atoms with Gasteiger partial charge in [0, 0.05) is 28.5 Å². The molecular weight excluding hydrogens is 264 g/mol. The molecule has 2 aromatic rings. The standard InChI is InChI=1S/C17H22N2S/c1-2-18-17-14(12-20-15-8-4-5-9-15)11-13-7-3-6-10-16(13)19-17/h3,6-7,10-11,15H,2,4-5,8-9,12H2,1H3,(H,18,19). The van der Waals surface area contributed by atoms with Crippen molar-refractivity contribution in [2.45, 2.75) is 43.6 Å². The first-order valence-corrected chi connectivity index (χ1v) is 8.66. The van der Waals surface area contributed by atoms with Gasteiger partial charge in [0.15, 0.2) is 0 Å². The van der Waals surface area contributed by atoms with Gasteiger partial charge in [-0.15, -0.1) is 0 Å². The number of pyridine rings is 1. The van der Waals surface area contributed by atoms with Crippen molar-refractivity contribution < 1.29 is 0 Å². The number of benzene rings is 1. The van der Waals surface area contributed by atoms with Crippen molar-refractivity contribution in [1.82, 2.24) is 4.98 Å². The topological polar surface area (TPSA) is 24.9 Å². The summed E-state index contributed by atoms with van der Waals surface area (Å²) in [6.07, 6.45) is 5.60. The first kappa shape index (κ1) is 13.7. The number of fused-ring (bicyclic) bond motifs is 1. The third-order valence-corrected chi connectivity index (χ3v) is 5.34. The van der Waals surface area contributed by atoms with E-state index in [4.69, 9.17) is 4.98 Å². The van der Waals surface area contributed by atoms with E-state index in [9.17, 15) is 0 Å². The molecule has 1 N–H and O–H groups in total. The Labute approximate surface area is 125 Å². The molecule has 0 saturated heterocycles. The van der Waals surface area contributed by atoms with Crippen molar-refractivity contribution in [3.8, 4) is 0 Å². The average Bonchev–Trinajstić information content (AvgIpc) is 2.98. The maximum atomic E-state index is 4.79. The van der Waals surface area contributed by atoms with E-state index in [1.54, 1.807) is 0 Å². The van der Waals surface area contributed by atoms with Crippen LogP contribution in [0.4, 0.5) is 5.82 Å². The second-order valence-electron chi connectivity index (χ2n) is 5.44. The zero-order chi connectivity index (χ0) is 13.8. The van der Waals surface area contributed by atoms with Gasteiger partial charge < -0.3 is 5.32 Å². The van der Waals surface area contributed by atoms with E-state index in [0.29, 0.717) is 0 Å². The number of aromatic nitrogens is 1. The monoisotopic (exact) mass is 286 g/mol. The Morgan fingerprint density at radius 2 is 2.05 bits per heavy atom. The van der Waals surface area contributed by atoms with Crippen LogP contribution in [0.2, 0.25) is 0 Å². The molecule has 1 aromatic carbocycles. The van der Waals surface area contributed by atoms with Gasteiger partial charge in [0.05, 0.1) is 5.52 Å². The molecule has 3 rings (SSSR count). The summed E-state index contributed by atoms with van der Waals surface area (Å²) in [7, 11) is 0. The molecular formula is C17H22N2S. The van der Waals surface area contributed by atoms with Crippen molar-refractivity contribution in [1.29, 1.82) is 0 Å². The van der Waals surface area contributed by atoms with Crippen molar-refractivity contribution in [2.24, 2.45) is 0 Å². The van der Waals surface area contributed by atoms with Gasteiger partial charge >= 0.3 is 0 Å². The Hall–Kier alpha value is -1.22. The van der Waals surface area contributed by atoms with Gasteiger partial charge in [0.1, 0.15) is 5.82 Å². The second-order valence-corrected chi connectivity index (χ2v) is 6.73. The summed E-state index contributed by atoms with van der Waals surface area (Å²) in [5.74, 6) is 2.14. The van der Waals surface area contributed by atoms with Gasteiger partial charge in [-0.1, -0.05) is 31.0 Å². The Balaban J connectivity index is 1.84. The number of hydrogen-bond acceptors (Lipinski definition) is 3. The highest BCUT2D eigenvalue weighted by atomic mass is 32.2. The number of nitrogens with one attached hydrogen (secondary N) is 1. The Morgan fingerprint density at radius 1 is 1.25 bits per heavy atom. The van der Waals surface area contributed by atoms with Crippen LogP contribution in [-0.2, 0) is 5.75 Å². The third kappa shape index (κ3) is 3.09. The quantitative estimate of drug-likeness (QED) is 0.851.